The van der Waals surface area contributed by atoms with E-state index in [0.717, 1.165) is 11.1 Å². The quantitative estimate of drug-likeness (QED) is 0.479. The number of esters is 1. The maximum absolute atomic E-state index is 12.6. The Balaban J connectivity index is 1.62. The highest BCUT2D eigenvalue weighted by Gasteiger charge is 2.22. The van der Waals surface area contributed by atoms with Crippen molar-refractivity contribution in [1.29, 1.82) is 0 Å². The van der Waals surface area contributed by atoms with Gasteiger partial charge in [-0.05, 0) is 18.1 Å². The highest BCUT2D eigenvalue weighted by Crippen LogP contribution is 2.36. The molecule has 0 bridgehead atoms. The molecule has 3 rings (SSSR count). The van der Waals surface area contributed by atoms with Gasteiger partial charge in [0, 0.05) is 30.3 Å². The predicted molar refractivity (Wildman–Crippen MR) is 122 cm³/mol. The van der Waals surface area contributed by atoms with E-state index in [1.807, 2.05) is 66.0 Å². The zero-order valence-corrected chi connectivity index (χ0v) is 18.0. The molecule has 160 valence electrons. The Kier molecular flexibility index (Phi) is 7.95. The molecule has 2 amide bonds. The van der Waals surface area contributed by atoms with Crippen LogP contribution in [-0.2, 0) is 20.9 Å². The van der Waals surface area contributed by atoms with Gasteiger partial charge >= 0.3 is 5.97 Å². The summed E-state index contributed by atoms with van der Waals surface area (Å²) in [5, 5.41) is 7.81. The molecule has 0 saturated carbocycles. The maximum atomic E-state index is 12.6. The lowest BCUT2D eigenvalue weighted by Crippen LogP contribution is -2.24. The second-order valence-corrected chi connectivity index (χ2v) is 7.63. The maximum Gasteiger partial charge on any atom is 0.341 e. The number of amides is 2. The average Bonchev–Trinajstić information content (AvgIpc) is 3.21. The molecule has 7 heteroatoms. The number of hydrogen-bond acceptors (Lipinski definition) is 5. The molecule has 31 heavy (non-hydrogen) atoms. The standard InChI is InChI=1S/C24H24N2O4S/c1-2-30-24(29)22-19(18-11-7-4-8-12-18)16-31-23(22)26-21(28)14-13-20(27)25-15-17-9-5-3-6-10-17/h3-12,16H,2,13-15H2,1H3,(H,25,27)(H,26,28). The van der Waals surface area contributed by atoms with Crippen LogP contribution in [0.15, 0.2) is 66.0 Å². The first-order chi connectivity index (χ1) is 15.1. The molecule has 2 aromatic carbocycles. The third-order valence-corrected chi connectivity index (χ3v) is 5.42. The third kappa shape index (κ3) is 6.26. The molecule has 0 radical (unpaired) electrons. The van der Waals surface area contributed by atoms with Gasteiger partial charge in [0.05, 0.1) is 6.61 Å². The van der Waals surface area contributed by atoms with Gasteiger partial charge in [-0.1, -0.05) is 60.7 Å². The van der Waals surface area contributed by atoms with Gasteiger partial charge in [0.15, 0.2) is 0 Å². The Morgan fingerprint density at radius 3 is 2.23 bits per heavy atom. The van der Waals surface area contributed by atoms with Crippen molar-refractivity contribution in [1.82, 2.24) is 5.32 Å². The second kappa shape index (κ2) is 11.1. The number of ether oxygens (including phenoxy) is 1. The number of carbonyl (C=O) groups excluding carboxylic acids is 3. The van der Waals surface area contributed by atoms with E-state index in [1.165, 1.54) is 11.3 Å². The highest BCUT2D eigenvalue weighted by molar-refractivity contribution is 7.15. The number of hydrogen-bond donors (Lipinski definition) is 2. The van der Waals surface area contributed by atoms with Crippen LogP contribution in [0, 0.1) is 0 Å². The topological polar surface area (TPSA) is 84.5 Å². The summed E-state index contributed by atoms with van der Waals surface area (Å²) in [5.74, 6) is -1.03. The Hall–Kier alpha value is -3.45. The molecule has 0 aliphatic carbocycles. The lowest BCUT2D eigenvalue weighted by molar-refractivity contribution is -0.124. The number of nitrogens with one attached hydrogen (secondary N) is 2. The average molecular weight is 437 g/mol. The van der Waals surface area contributed by atoms with E-state index in [9.17, 15) is 14.4 Å². The van der Waals surface area contributed by atoms with Crippen molar-refractivity contribution in [3.63, 3.8) is 0 Å². The number of thiophene rings is 1. The monoisotopic (exact) mass is 436 g/mol. The summed E-state index contributed by atoms with van der Waals surface area (Å²) in [6, 6.07) is 19.0. The molecular weight excluding hydrogens is 412 g/mol. The fourth-order valence-electron chi connectivity index (χ4n) is 2.99. The SMILES string of the molecule is CCOC(=O)c1c(-c2ccccc2)csc1NC(=O)CCC(=O)NCc1ccccc1. The minimum atomic E-state index is -0.487. The van der Waals surface area contributed by atoms with Crippen LogP contribution in [0.25, 0.3) is 11.1 Å². The van der Waals surface area contributed by atoms with Crippen molar-refractivity contribution < 1.29 is 19.1 Å². The summed E-state index contributed by atoms with van der Waals surface area (Å²) >= 11 is 1.26. The van der Waals surface area contributed by atoms with Crippen LogP contribution in [0.2, 0.25) is 0 Å². The minimum Gasteiger partial charge on any atom is -0.462 e. The first-order valence-electron chi connectivity index (χ1n) is 10.0. The van der Waals surface area contributed by atoms with Gasteiger partial charge in [0.25, 0.3) is 0 Å². The second-order valence-electron chi connectivity index (χ2n) is 6.75. The Labute approximate surface area is 185 Å². The number of rotatable bonds is 9. The van der Waals surface area contributed by atoms with E-state index in [0.29, 0.717) is 22.7 Å². The van der Waals surface area contributed by atoms with Crippen molar-refractivity contribution in [3.8, 4) is 11.1 Å². The Morgan fingerprint density at radius 1 is 0.903 bits per heavy atom. The molecule has 2 N–H and O–H groups in total. The van der Waals surface area contributed by atoms with Crippen molar-refractivity contribution in [2.75, 3.05) is 11.9 Å². The van der Waals surface area contributed by atoms with E-state index in [2.05, 4.69) is 10.6 Å². The zero-order valence-electron chi connectivity index (χ0n) is 17.2. The lowest BCUT2D eigenvalue weighted by atomic mass is 10.0. The fraction of sp³-hybridized carbons (Fsp3) is 0.208. The summed E-state index contributed by atoms with van der Waals surface area (Å²) < 4.78 is 5.20. The zero-order chi connectivity index (χ0) is 22.1. The molecule has 1 heterocycles. The smallest absolute Gasteiger partial charge is 0.341 e. The van der Waals surface area contributed by atoms with Crippen LogP contribution >= 0.6 is 11.3 Å². The summed E-state index contributed by atoms with van der Waals surface area (Å²) in [6.45, 7) is 2.39. The molecule has 0 atom stereocenters. The lowest BCUT2D eigenvalue weighted by Gasteiger charge is -2.09. The van der Waals surface area contributed by atoms with Gasteiger partial charge in [-0.3, -0.25) is 9.59 Å². The first kappa shape index (κ1) is 22.2. The molecule has 0 fully saturated rings. The van der Waals surface area contributed by atoms with Gasteiger partial charge in [-0.15, -0.1) is 11.3 Å². The molecule has 3 aromatic rings. The predicted octanol–water partition coefficient (Wildman–Crippen LogP) is 4.63. The highest BCUT2D eigenvalue weighted by atomic mass is 32.1. The molecule has 0 aliphatic heterocycles. The van der Waals surface area contributed by atoms with Crippen LogP contribution in [-0.4, -0.2) is 24.4 Å². The number of anilines is 1. The van der Waals surface area contributed by atoms with Gasteiger partial charge in [-0.2, -0.15) is 0 Å². The van der Waals surface area contributed by atoms with Crippen LogP contribution in [0.3, 0.4) is 0 Å². The van der Waals surface area contributed by atoms with E-state index in [4.69, 9.17) is 4.74 Å². The van der Waals surface area contributed by atoms with Gasteiger partial charge in [0.2, 0.25) is 11.8 Å². The largest absolute Gasteiger partial charge is 0.462 e. The van der Waals surface area contributed by atoms with Crippen molar-refractivity contribution in [2.45, 2.75) is 26.3 Å². The third-order valence-electron chi connectivity index (χ3n) is 4.52. The molecule has 1 aromatic heterocycles. The van der Waals surface area contributed by atoms with Gasteiger partial charge in [0.1, 0.15) is 10.6 Å². The van der Waals surface area contributed by atoms with Crippen molar-refractivity contribution >= 4 is 34.1 Å². The van der Waals surface area contributed by atoms with Gasteiger partial charge in [-0.25, -0.2) is 4.79 Å². The van der Waals surface area contributed by atoms with E-state index in [1.54, 1.807) is 6.92 Å². The number of benzene rings is 2. The Bertz CT molecular complexity index is 1030. The normalized spacial score (nSPS) is 10.4. The van der Waals surface area contributed by atoms with Gasteiger partial charge < -0.3 is 15.4 Å². The molecule has 0 unspecified atom stereocenters. The Morgan fingerprint density at radius 2 is 1.55 bits per heavy atom. The summed E-state index contributed by atoms with van der Waals surface area (Å²) in [7, 11) is 0. The molecule has 0 saturated heterocycles. The van der Waals surface area contributed by atoms with Crippen LogP contribution in [0.1, 0.15) is 35.7 Å². The van der Waals surface area contributed by atoms with Crippen LogP contribution < -0.4 is 10.6 Å². The van der Waals surface area contributed by atoms with Crippen molar-refractivity contribution in [3.05, 3.63) is 77.2 Å². The summed E-state index contributed by atoms with van der Waals surface area (Å²) in [5.41, 5.74) is 2.90. The van der Waals surface area contributed by atoms with Crippen LogP contribution in [0.5, 0.6) is 0 Å². The molecule has 6 nitrogen and oxygen atoms in total. The fourth-order valence-corrected chi connectivity index (χ4v) is 3.96. The summed E-state index contributed by atoms with van der Waals surface area (Å²) in [4.78, 5) is 37.1. The molecule has 0 spiro atoms. The first-order valence-corrected chi connectivity index (χ1v) is 10.9. The van der Waals surface area contributed by atoms with E-state index in [-0.39, 0.29) is 31.3 Å². The molecule has 0 aliphatic rings. The molecular formula is C24H24N2O4S. The van der Waals surface area contributed by atoms with Crippen LogP contribution in [0.4, 0.5) is 5.00 Å². The summed E-state index contributed by atoms with van der Waals surface area (Å²) in [6.07, 6.45) is 0.0752. The minimum absolute atomic E-state index is 0.0153. The number of carbonyl (C=O) groups is 3. The van der Waals surface area contributed by atoms with E-state index < -0.39 is 5.97 Å². The van der Waals surface area contributed by atoms with Crippen molar-refractivity contribution in [2.24, 2.45) is 0 Å². The van der Waals surface area contributed by atoms with E-state index >= 15 is 0 Å².